The van der Waals surface area contributed by atoms with Gasteiger partial charge in [-0.15, -0.1) is 16.9 Å². The second-order valence-electron chi connectivity index (χ2n) is 4.11. The molecule has 3 N–H and O–H groups in total. The monoisotopic (exact) mass is 292 g/mol. The number of hydrogen-bond donors (Lipinski definition) is 2. The number of hydrogen-bond acceptors (Lipinski definition) is 5. The van der Waals surface area contributed by atoms with Crippen molar-refractivity contribution < 1.29 is 9.90 Å². The molecule has 0 atom stereocenters. The molecular weight excluding hydrogens is 276 g/mol. The molecule has 0 saturated heterocycles. The number of thioether (sulfide) groups is 1. The van der Waals surface area contributed by atoms with Crippen molar-refractivity contribution in [2.24, 2.45) is 5.73 Å². The molecule has 6 nitrogen and oxygen atoms in total. The highest BCUT2D eigenvalue weighted by Gasteiger charge is 2.17. The molecule has 0 aliphatic carbocycles. The number of carboxylic acid groups (broad SMARTS) is 1. The van der Waals surface area contributed by atoms with Gasteiger partial charge in [-0.25, -0.2) is 9.48 Å². The Morgan fingerprint density at radius 1 is 1.35 bits per heavy atom. The highest BCUT2D eigenvalue weighted by molar-refractivity contribution is 7.99. The fraction of sp³-hybridized carbons (Fsp3) is 0.308. The van der Waals surface area contributed by atoms with Crippen molar-refractivity contribution >= 4 is 17.7 Å². The van der Waals surface area contributed by atoms with E-state index in [0.29, 0.717) is 25.2 Å². The third-order valence-electron chi connectivity index (χ3n) is 2.74. The van der Waals surface area contributed by atoms with Crippen LogP contribution < -0.4 is 5.73 Å². The van der Waals surface area contributed by atoms with E-state index >= 15 is 0 Å². The second-order valence-corrected chi connectivity index (χ2v) is 5.28. The minimum absolute atomic E-state index is 0.000149. The lowest BCUT2D eigenvalue weighted by Gasteiger charge is -2.06. The number of aromatic nitrogens is 3. The highest BCUT2D eigenvalue weighted by Crippen LogP contribution is 2.17. The van der Waals surface area contributed by atoms with Crippen molar-refractivity contribution in [3.05, 3.63) is 41.7 Å². The number of nitrogens with two attached hydrogens (primary N) is 1. The van der Waals surface area contributed by atoms with E-state index in [1.165, 1.54) is 4.90 Å². The Hall–Kier alpha value is -1.86. The number of benzene rings is 1. The van der Waals surface area contributed by atoms with Gasteiger partial charge in [0.1, 0.15) is 0 Å². The minimum atomic E-state index is -1.06. The highest BCUT2D eigenvalue weighted by atomic mass is 32.2. The van der Waals surface area contributed by atoms with Crippen LogP contribution in [0.15, 0.2) is 35.2 Å². The fourth-order valence-corrected chi connectivity index (χ4v) is 2.68. The number of rotatable bonds is 7. The molecule has 0 radical (unpaired) electrons. The number of carboxylic acids is 1. The van der Waals surface area contributed by atoms with E-state index in [2.05, 4.69) is 10.3 Å². The molecule has 0 bridgehead atoms. The third-order valence-corrected chi connectivity index (χ3v) is 3.73. The molecule has 1 heterocycles. The Bertz CT molecular complexity index is 571. The van der Waals surface area contributed by atoms with E-state index in [1.54, 1.807) is 16.4 Å². The first kappa shape index (κ1) is 14.5. The summed E-state index contributed by atoms with van der Waals surface area (Å²) in [5.41, 5.74) is 6.10. The van der Waals surface area contributed by atoms with Gasteiger partial charge in [-0.1, -0.05) is 23.4 Å². The van der Waals surface area contributed by atoms with Gasteiger partial charge < -0.3 is 10.8 Å². The van der Waals surface area contributed by atoms with Crippen molar-refractivity contribution in [2.45, 2.75) is 17.9 Å². The summed E-state index contributed by atoms with van der Waals surface area (Å²) in [4.78, 5) is 12.2. The van der Waals surface area contributed by atoms with Gasteiger partial charge in [-0.05, 0) is 18.7 Å². The van der Waals surface area contributed by atoms with E-state index in [-0.39, 0.29) is 5.69 Å². The first-order chi connectivity index (χ1) is 9.72. The van der Waals surface area contributed by atoms with Gasteiger partial charge in [0.25, 0.3) is 0 Å². The molecule has 2 rings (SSSR count). The summed E-state index contributed by atoms with van der Waals surface area (Å²) in [5, 5.41) is 16.7. The molecule has 20 heavy (non-hydrogen) atoms. The maximum Gasteiger partial charge on any atom is 0.358 e. The molecule has 1 aromatic carbocycles. The van der Waals surface area contributed by atoms with Gasteiger partial charge in [-0.3, -0.25) is 0 Å². The Labute approximate surface area is 121 Å². The van der Waals surface area contributed by atoms with Crippen LogP contribution in [0, 0.1) is 0 Å². The first-order valence-electron chi connectivity index (χ1n) is 6.26. The van der Waals surface area contributed by atoms with Crippen LogP contribution in [0.5, 0.6) is 0 Å². The lowest BCUT2D eigenvalue weighted by Crippen LogP contribution is -2.14. The van der Waals surface area contributed by atoms with Gasteiger partial charge in [0.2, 0.25) is 0 Å². The summed E-state index contributed by atoms with van der Waals surface area (Å²) >= 11 is 1.69. The SMILES string of the molecule is NCCc1c(C(=O)O)nnn1CCSc1ccccc1. The number of carbonyl (C=O) groups is 1. The van der Waals surface area contributed by atoms with Crippen LogP contribution in [0.4, 0.5) is 0 Å². The molecule has 0 aliphatic rings. The zero-order valence-corrected chi connectivity index (χ0v) is 11.7. The molecule has 0 spiro atoms. The van der Waals surface area contributed by atoms with Crippen LogP contribution in [-0.4, -0.2) is 38.4 Å². The quantitative estimate of drug-likeness (QED) is 0.746. The van der Waals surface area contributed by atoms with Crippen molar-refractivity contribution in [2.75, 3.05) is 12.3 Å². The average Bonchev–Trinajstić information content (AvgIpc) is 2.84. The van der Waals surface area contributed by atoms with E-state index in [9.17, 15) is 4.79 Å². The molecule has 106 valence electrons. The molecule has 2 aromatic rings. The fourth-order valence-electron chi connectivity index (χ4n) is 1.83. The van der Waals surface area contributed by atoms with Gasteiger partial charge in [0.15, 0.2) is 5.69 Å². The summed E-state index contributed by atoms with van der Waals surface area (Å²) in [5.74, 6) is -0.264. The lowest BCUT2D eigenvalue weighted by atomic mass is 10.2. The molecular formula is C13H16N4O2S. The summed E-state index contributed by atoms with van der Waals surface area (Å²) in [7, 11) is 0. The van der Waals surface area contributed by atoms with Crippen molar-refractivity contribution in [1.82, 2.24) is 15.0 Å². The lowest BCUT2D eigenvalue weighted by molar-refractivity contribution is 0.0689. The first-order valence-corrected chi connectivity index (χ1v) is 7.24. The van der Waals surface area contributed by atoms with Crippen LogP contribution >= 0.6 is 11.8 Å². The average molecular weight is 292 g/mol. The minimum Gasteiger partial charge on any atom is -0.476 e. The second kappa shape index (κ2) is 7.06. The normalized spacial score (nSPS) is 10.7. The summed E-state index contributed by atoms with van der Waals surface area (Å²) < 4.78 is 1.63. The number of aryl methyl sites for hydroxylation is 1. The maximum absolute atomic E-state index is 11.0. The number of aromatic carboxylic acids is 1. The maximum atomic E-state index is 11.0. The Balaban J connectivity index is 2.00. The molecule has 0 amide bonds. The van der Waals surface area contributed by atoms with Crippen LogP contribution in [0.3, 0.4) is 0 Å². The molecule has 0 fully saturated rings. The third kappa shape index (κ3) is 3.58. The van der Waals surface area contributed by atoms with Gasteiger partial charge in [0, 0.05) is 17.1 Å². The predicted octanol–water partition coefficient (Wildman–Crippen LogP) is 1.27. The summed E-state index contributed by atoms with van der Waals surface area (Å²) in [6.45, 7) is 0.981. The Kier molecular flexibility index (Phi) is 5.14. The van der Waals surface area contributed by atoms with Crippen molar-refractivity contribution in [3.8, 4) is 0 Å². The smallest absolute Gasteiger partial charge is 0.358 e. The van der Waals surface area contributed by atoms with Crippen LogP contribution in [0.25, 0.3) is 0 Å². The molecule has 0 saturated carbocycles. The molecule has 0 unspecified atom stereocenters. The van der Waals surface area contributed by atoms with E-state index in [0.717, 1.165) is 5.75 Å². The van der Waals surface area contributed by atoms with E-state index in [4.69, 9.17) is 10.8 Å². The van der Waals surface area contributed by atoms with E-state index in [1.807, 2.05) is 30.3 Å². The van der Waals surface area contributed by atoms with Crippen LogP contribution in [0.2, 0.25) is 0 Å². The summed E-state index contributed by atoms with van der Waals surface area (Å²) in [6, 6.07) is 10.0. The Morgan fingerprint density at radius 2 is 2.10 bits per heavy atom. The zero-order chi connectivity index (χ0) is 14.4. The van der Waals surface area contributed by atoms with Gasteiger partial charge >= 0.3 is 5.97 Å². The molecule has 7 heteroatoms. The topological polar surface area (TPSA) is 94.0 Å². The predicted molar refractivity (Wildman–Crippen MR) is 76.9 cm³/mol. The Morgan fingerprint density at radius 3 is 2.75 bits per heavy atom. The van der Waals surface area contributed by atoms with E-state index < -0.39 is 5.97 Å². The molecule has 0 aliphatic heterocycles. The van der Waals surface area contributed by atoms with Crippen molar-refractivity contribution in [1.29, 1.82) is 0 Å². The van der Waals surface area contributed by atoms with Crippen LogP contribution in [-0.2, 0) is 13.0 Å². The standard InChI is InChI=1S/C13H16N4O2S/c14-7-6-11-12(13(18)19)15-16-17(11)8-9-20-10-4-2-1-3-5-10/h1-5H,6-9,14H2,(H,18,19). The molecule has 1 aromatic heterocycles. The largest absolute Gasteiger partial charge is 0.476 e. The van der Waals surface area contributed by atoms with Gasteiger partial charge in [-0.2, -0.15) is 0 Å². The van der Waals surface area contributed by atoms with Crippen molar-refractivity contribution in [3.63, 3.8) is 0 Å². The zero-order valence-electron chi connectivity index (χ0n) is 10.9. The number of nitrogens with zero attached hydrogens (tertiary/aromatic N) is 3. The summed E-state index contributed by atoms with van der Waals surface area (Å²) in [6.07, 6.45) is 0.463. The van der Waals surface area contributed by atoms with Crippen LogP contribution in [0.1, 0.15) is 16.2 Å². The van der Waals surface area contributed by atoms with Gasteiger partial charge in [0.05, 0.1) is 12.2 Å².